The second-order valence-electron chi connectivity index (χ2n) is 4.28. The highest BCUT2D eigenvalue weighted by Gasteiger charge is 2.25. The molecule has 0 saturated carbocycles. The first kappa shape index (κ1) is 15.1. The number of thioether (sulfide) groups is 1. The van der Waals surface area contributed by atoms with Crippen LogP contribution in [0.1, 0.15) is 12.0 Å². The second-order valence-corrected chi connectivity index (χ2v) is 7.85. The summed E-state index contributed by atoms with van der Waals surface area (Å²) in [5.74, 6) is 1.82. The fourth-order valence-corrected chi connectivity index (χ4v) is 4.74. The number of hydrogen-bond acceptors (Lipinski definition) is 4. The van der Waals surface area contributed by atoms with Gasteiger partial charge in [0, 0.05) is 23.9 Å². The molecule has 0 amide bonds. The van der Waals surface area contributed by atoms with Crippen LogP contribution in [0.5, 0.6) is 0 Å². The Balaban J connectivity index is 2.30. The average molecular weight is 322 g/mol. The zero-order chi connectivity index (χ0) is 13.9. The quantitative estimate of drug-likeness (QED) is 0.924. The van der Waals surface area contributed by atoms with Crippen LogP contribution < -0.4 is 0 Å². The molecule has 106 valence electrons. The van der Waals surface area contributed by atoms with Gasteiger partial charge in [0.25, 0.3) is 0 Å². The average Bonchev–Trinajstić information content (AvgIpc) is 2.67. The molecule has 1 heterocycles. The van der Waals surface area contributed by atoms with Crippen LogP contribution >= 0.6 is 23.4 Å². The Labute approximate surface area is 122 Å². The van der Waals surface area contributed by atoms with E-state index in [0.717, 1.165) is 17.9 Å². The van der Waals surface area contributed by atoms with E-state index in [1.165, 1.54) is 16.4 Å². The third-order valence-corrected chi connectivity index (χ3v) is 6.31. The minimum Gasteiger partial charge on any atom is -0.392 e. The van der Waals surface area contributed by atoms with Crippen molar-refractivity contribution in [1.82, 2.24) is 4.31 Å². The van der Waals surface area contributed by atoms with Crippen LogP contribution in [0.4, 0.5) is 0 Å². The maximum absolute atomic E-state index is 12.5. The van der Waals surface area contributed by atoms with Crippen LogP contribution in [0.2, 0.25) is 5.02 Å². The number of sulfonamides is 1. The van der Waals surface area contributed by atoms with Gasteiger partial charge in [-0.3, -0.25) is 0 Å². The fraction of sp³-hybridized carbons (Fsp3) is 0.500. The van der Waals surface area contributed by atoms with Crippen LogP contribution in [0.25, 0.3) is 0 Å². The van der Waals surface area contributed by atoms with E-state index in [0.29, 0.717) is 18.7 Å². The number of aliphatic hydroxyl groups is 1. The Hall–Kier alpha value is -0.270. The van der Waals surface area contributed by atoms with Gasteiger partial charge in [-0.1, -0.05) is 17.7 Å². The van der Waals surface area contributed by atoms with Crippen molar-refractivity contribution in [3.8, 4) is 0 Å². The molecule has 2 rings (SSSR count). The van der Waals surface area contributed by atoms with E-state index in [1.54, 1.807) is 17.8 Å². The van der Waals surface area contributed by atoms with Gasteiger partial charge in [-0.05, 0) is 29.9 Å². The summed E-state index contributed by atoms with van der Waals surface area (Å²) in [6.07, 6.45) is 0.867. The van der Waals surface area contributed by atoms with E-state index in [4.69, 9.17) is 16.7 Å². The molecule has 0 aromatic heterocycles. The molecule has 1 N–H and O–H groups in total. The molecule has 0 aliphatic carbocycles. The highest BCUT2D eigenvalue weighted by molar-refractivity contribution is 7.99. The lowest BCUT2D eigenvalue weighted by Crippen LogP contribution is -2.33. The summed E-state index contributed by atoms with van der Waals surface area (Å²) in [7, 11) is -3.48. The van der Waals surface area contributed by atoms with E-state index < -0.39 is 10.0 Å². The molecule has 4 nitrogen and oxygen atoms in total. The maximum Gasteiger partial charge on any atom is 0.243 e. The van der Waals surface area contributed by atoms with Gasteiger partial charge in [0.15, 0.2) is 0 Å². The summed E-state index contributed by atoms with van der Waals surface area (Å²) in [5.41, 5.74) is 0.534. The number of aliphatic hydroxyl groups excluding tert-OH is 1. The van der Waals surface area contributed by atoms with E-state index in [9.17, 15) is 8.42 Å². The first-order valence-corrected chi connectivity index (χ1v) is 9.00. The predicted octanol–water partition coefficient (Wildman–Crippen LogP) is 1.96. The summed E-state index contributed by atoms with van der Waals surface area (Å²) in [5, 5.41) is 9.34. The first-order chi connectivity index (χ1) is 9.05. The van der Waals surface area contributed by atoms with Gasteiger partial charge in [0.05, 0.1) is 11.5 Å². The van der Waals surface area contributed by atoms with Crippen molar-refractivity contribution in [3.05, 3.63) is 28.8 Å². The number of rotatable bonds is 3. The van der Waals surface area contributed by atoms with E-state index in [-0.39, 0.29) is 16.5 Å². The molecule has 19 heavy (non-hydrogen) atoms. The van der Waals surface area contributed by atoms with Gasteiger partial charge in [0.1, 0.15) is 0 Å². The standard InChI is InChI=1S/C12H16ClNO3S2/c13-12-8-11(3-2-10(12)9-15)19(16,17)14-4-1-6-18-7-5-14/h2-3,8,15H,1,4-7,9H2. The van der Waals surface area contributed by atoms with E-state index >= 15 is 0 Å². The molecule has 0 spiro atoms. The Bertz CT molecular complexity index is 540. The smallest absolute Gasteiger partial charge is 0.243 e. The summed E-state index contributed by atoms with van der Waals surface area (Å²) in [6, 6.07) is 4.48. The van der Waals surface area contributed by atoms with Crippen LogP contribution in [-0.4, -0.2) is 42.4 Å². The van der Waals surface area contributed by atoms with Crippen molar-refractivity contribution >= 4 is 33.4 Å². The van der Waals surface area contributed by atoms with Crippen molar-refractivity contribution in [2.24, 2.45) is 0 Å². The summed E-state index contributed by atoms with van der Waals surface area (Å²) in [4.78, 5) is 0.196. The normalized spacial score (nSPS) is 18.2. The lowest BCUT2D eigenvalue weighted by atomic mass is 10.2. The number of hydrogen-bond donors (Lipinski definition) is 1. The predicted molar refractivity (Wildman–Crippen MR) is 78.1 cm³/mol. The third kappa shape index (κ3) is 3.44. The van der Waals surface area contributed by atoms with Crippen LogP contribution in [0.3, 0.4) is 0 Å². The molecule has 0 bridgehead atoms. The van der Waals surface area contributed by atoms with Gasteiger partial charge in [0.2, 0.25) is 10.0 Å². The van der Waals surface area contributed by atoms with Gasteiger partial charge in [-0.2, -0.15) is 16.1 Å². The van der Waals surface area contributed by atoms with Crippen molar-refractivity contribution in [3.63, 3.8) is 0 Å². The molecule has 1 aliphatic heterocycles. The number of halogens is 1. The highest BCUT2D eigenvalue weighted by Crippen LogP contribution is 2.24. The van der Waals surface area contributed by atoms with Crippen molar-refractivity contribution < 1.29 is 13.5 Å². The Morgan fingerprint density at radius 3 is 2.79 bits per heavy atom. The largest absolute Gasteiger partial charge is 0.392 e. The third-order valence-electron chi connectivity index (χ3n) is 3.01. The number of nitrogens with zero attached hydrogens (tertiary/aromatic N) is 1. The number of benzene rings is 1. The molecule has 1 fully saturated rings. The molecule has 0 unspecified atom stereocenters. The molecular weight excluding hydrogens is 306 g/mol. The minimum absolute atomic E-state index is 0.195. The maximum atomic E-state index is 12.5. The lowest BCUT2D eigenvalue weighted by Gasteiger charge is -2.20. The summed E-state index contributed by atoms with van der Waals surface area (Å²) >= 11 is 7.73. The van der Waals surface area contributed by atoms with E-state index in [2.05, 4.69) is 0 Å². The topological polar surface area (TPSA) is 57.6 Å². The zero-order valence-corrected chi connectivity index (χ0v) is 12.8. The molecule has 0 radical (unpaired) electrons. The van der Waals surface area contributed by atoms with Crippen molar-refractivity contribution in [2.75, 3.05) is 24.6 Å². The zero-order valence-electron chi connectivity index (χ0n) is 10.4. The van der Waals surface area contributed by atoms with Gasteiger partial charge >= 0.3 is 0 Å². The molecule has 1 aromatic carbocycles. The van der Waals surface area contributed by atoms with Crippen LogP contribution in [0.15, 0.2) is 23.1 Å². The molecular formula is C12H16ClNO3S2. The molecule has 7 heteroatoms. The Morgan fingerprint density at radius 1 is 1.32 bits per heavy atom. The van der Waals surface area contributed by atoms with Gasteiger partial charge < -0.3 is 5.11 Å². The highest BCUT2D eigenvalue weighted by atomic mass is 35.5. The monoisotopic (exact) mass is 321 g/mol. The fourth-order valence-electron chi connectivity index (χ4n) is 1.93. The summed E-state index contributed by atoms with van der Waals surface area (Å²) < 4.78 is 26.5. The molecule has 0 atom stereocenters. The van der Waals surface area contributed by atoms with Crippen LogP contribution in [0, 0.1) is 0 Å². The first-order valence-electron chi connectivity index (χ1n) is 6.03. The lowest BCUT2D eigenvalue weighted by molar-refractivity contribution is 0.282. The molecule has 1 saturated heterocycles. The Morgan fingerprint density at radius 2 is 2.11 bits per heavy atom. The SMILES string of the molecule is O=S(=O)(c1ccc(CO)c(Cl)c1)N1CCCSCC1. The molecule has 1 aromatic rings. The van der Waals surface area contributed by atoms with Crippen LogP contribution in [-0.2, 0) is 16.6 Å². The van der Waals surface area contributed by atoms with Gasteiger partial charge in [-0.25, -0.2) is 8.42 Å². The van der Waals surface area contributed by atoms with Crippen molar-refractivity contribution in [2.45, 2.75) is 17.9 Å². The van der Waals surface area contributed by atoms with Gasteiger partial charge in [-0.15, -0.1) is 0 Å². The van der Waals surface area contributed by atoms with Crippen molar-refractivity contribution in [1.29, 1.82) is 0 Å². The minimum atomic E-state index is -3.48. The summed E-state index contributed by atoms with van der Waals surface area (Å²) in [6.45, 7) is 0.889. The molecule has 1 aliphatic rings. The van der Waals surface area contributed by atoms with E-state index in [1.807, 2.05) is 0 Å². The second kappa shape index (κ2) is 6.45. The Kier molecular flexibility index (Phi) is 5.14.